The summed E-state index contributed by atoms with van der Waals surface area (Å²) in [7, 11) is 0. The van der Waals surface area contributed by atoms with Crippen LogP contribution >= 0.6 is 11.6 Å². The van der Waals surface area contributed by atoms with Crippen LogP contribution in [0.2, 0.25) is 5.02 Å². The Bertz CT molecular complexity index is 1050. The van der Waals surface area contributed by atoms with Gasteiger partial charge in [-0.3, -0.25) is 9.59 Å². The first-order valence-electron chi connectivity index (χ1n) is 10.7. The topological polar surface area (TPSA) is 73.0 Å². The monoisotopic (exact) mass is 476 g/mol. The van der Waals surface area contributed by atoms with Crippen molar-refractivity contribution in [3.05, 3.63) is 59.1 Å². The Kier molecular flexibility index (Phi) is 6.78. The normalized spacial score (nSPS) is 18.9. The zero-order valence-electron chi connectivity index (χ0n) is 17.8. The Labute approximate surface area is 194 Å². The van der Waals surface area contributed by atoms with Crippen LogP contribution in [-0.4, -0.2) is 60.4 Å². The second-order valence-electron chi connectivity index (χ2n) is 8.14. The molecule has 2 aliphatic rings. The molecule has 2 aromatic carbocycles. The molecule has 4 amide bonds. The van der Waals surface area contributed by atoms with Crippen molar-refractivity contribution in [3.8, 4) is 0 Å². The van der Waals surface area contributed by atoms with Crippen LogP contribution in [0.25, 0.3) is 0 Å². The highest BCUT2D eigenvalue weighted by Gasteiger charge is 2.38. The van der Waals surface area contributed by atoms with Crippen molar-refractivity contribution in [2.45, 2.75) is 12.8 Å². The molecule has 4 rings (SSSR count). The quantitative estimate of drug-likeness (QED) is 0.733. The third-order valence-corrected chi connectivity index (χ3v) is 6.08. The number of nitrogens with one attached hydrogen (secondary N) is 1. The van der Waals surface area contributed by atoms with E-state index in [9.17, 15) is 23.2 Å². The summed E-state index contributed by atoms with van der Waals surface area (Å²) in [5, 5.41) is 3.39. The number of rotatable bonds is 3. The number of anilines is 2. The van der Waals surface area contributed by atoms with Gasteiger partial charge in [0.05, 0.1) is 5.92 Å². The van der Waals surface area contributed by atoms with Crippen LogP contribution in [0, 0.1) is 17.6 Å². The molecule has 33 heavy (non-hydrogen) atoms. The predicted octanol–water partition coefficient (Wildman–Crippen LogP) is 3.74. The molecule has 0 radical (unpaired) electrons. The first-order chi connectivity index (χ1) is 15.8. The summed E-state index contributed by atoms with van der Waals surface area (Å²) >= 11 is 5.87. The molecule has 2 aromatic rings. The number of nitrogens with zero attached hydrogens (tertiary/aromatic N) is 3. The summed E-state index contributed by atoms with van der Waals surface area (Å²) in [5.41, 5.74) is 0.730. The molecule has 2 saturated heterocycles. The molecule has 0 aromatic heterocycles. The van der Waals surface area contributed by atoms with Gasteiger partial charge in [-0.2, -0.15) is 0 Å². The van der Waals surface area contributed by atoms with E-state index in [2.05, 4.69) is 5.32 Å². The summed E-state index contributed by atoms with van der Waals surface area (Å²) in [4.78, 5) is 42.7. The lowest BCUT2D eigenvalue weighted by Gasteiger charge is -2.25. The number of urea groups is 1. The smallest absolute Gasteiger partial charge is 0.321 e. The molecule has 1 atom stereocenters. The largest absolute Gasteiger partial charge is 0.341 e. The maximum atomic E-state index is 13.6. The van der Waals surface area contributed by atoms with Crippen LogP contribution in [0.1, 0.15) is 12.8 Å². The summed E-state index contributed by atoms with van der Waals surface area (Å²) in [5.74, 6) is -2.70. The number of carbonyl (C=O) groups is 3. The van der Waals surface area contributed by atoms with Gasteiger partial charge in [0.25, 0.3) is 0 Å². The number of hydrogen-bond donors (Lipinski definition) is 1. The summed E-state index contributed by atoms with van der Waals surface area (Å²) in [6, 6.07) is 9.42. The number of carbonyl (C=O) groups excluding carboxylic acids is 3. The molecule has 2 fully saturated rings. The lowest BCUT2D eigenvalue weighted by atomic mass is 10.1. The maximum Gasteiger partial charge on any atom is 0.321 e. The molecule has 2 aliphatic heterocycles. The maximum absolute atomic E-state index is 13.6. The highest BCUT2D eigenvalue weighted by molar-refractivity contribution is 6.30. The molecule has 174 valence electrons. The van der Waals surface area contributed by atoms with E-state index in [1.54, 1.807) is 34.1 Å². The molecule has 0 saturated carbocycles. The number of hydrogen-bond acceptors (Lipinski definition) is 3. The highest BCUT2D eigenvalue weighted by Crippen LogP contribution is 2.28. The minimum atomic E-state index is -0.780. The lowest BCUT2D eigenvalue weighted by Crippen LogP contribution is -2.41. The van der Waals surface area contributed by atoms with Gasteiger partial charge in [-0.25, -0.2) is 13.6 Å². The van der Waals surface area contributed by atoms with Gasteiger partial charge in [0, 0.05) is 61.6 Å². The van der Waals surface area contributed by atoms with Crippen LogP contribution in [0.15, 0.2) is 42.5 Å². The van der Waals surface area contributed by atoms with Crippen LogP contribution < -0.4 is 10.2 Å². The first-order valence-corrected chi connectivity index (χ1v) is 11.0. The highest BCUT2D eigenvalue weighted by atomic mass is 35.5. The van der Waals surface area contributed by atoms with Gasteiger partial charge in [-0.1, -0.05) is 11.6 Å². The number of amides is 4. The van der Waals surface area contributed by atoms with Gasteiger partial charge < -0.3 is 20.0 Å². The van der Waals surface area contributed by atoms with Crippen molar-refractivity contribution in [2.24, 2.45) is 5.92 Å². The summed E-state index contributed by atoms with van der Waals surface area (Å²) < 4.78 is 27.1. The lowest BCUT2D eigenvalue weighted by molar-refractivity contribution is -0.135. The van der Waals surface area contributed by atoms with E-state index in [0.717, 1.165) is 18.2 Å². The molecule has 10 heteroatoms. The van der Waals surface area contributed by atoms with Gasteiger partial charge in [-0.05, 0) is 42.8 Å². The van der Waals surface area contributed by atoms with Crippen molar-refractivity contribution in [1.29, 1.82) is 0 Å². The third-order valence-electron chi connectivity index (χ3n) is 5.82. The summed E-state index contributed by atoms with van der Waals surface area (Å²) in [6.45, 7) is 1.71. The molecule has 1 unspecified atom stereocenters. The fraction of sp³-hybridized carbons (Fsp3) is 0.348. The summed E-state index contributed by atoms with van der Waals surface area (Å²) in [6.07, 6.45) is 0.577. The second-order valence-corrected chi connectivity index (χ2v) is 8.57. The Hall–Kier alpha value is -3.20. The van der Waals surface area contributed by atoms with E-state index in [1.165, 1.54) is 4.90 Å². The Balaban J connectivity index is 1.35. The van der Waals surface area contributed by atoms with Gasteiger partial charge in [0.1, 0.15) is 11.6 Å². The van der Waals surface area contributed by atoms with Gasteiger partial charge >= 0.3 is 6.03 Å². The molecule has 0 aliphatic carbocycles. The average Bonchev–Trinajstić information content (AvgIpc) is 3.00. The van der Waals surface area contributed by atoms with E-state index in [0.29, 0.717) is 43.3 Å². The number of halogens is 3. The minimum Gasteiger partial charge on any atom is -0.341 e. The minimum absolute atomic E-state index is 0.0196. The predicted molar refractivity (Wildman–Crippen MR) is 120 cm³/mol. The molecule has 0 bridgehead atoms. The van der Waals surface area contributed by atoms with E-state index in [-0.39, 0.29) is 36.5 Å². The second kappa shape index (κ2) is 9.74. The van der Waals surface area contributed by atoms with E-state index in [4.69, 9.17) is 11.6 Å². The van der Waals surface area contributed by atoms with Crippen molar-refractivity contribution in [2.75, 3.05) is 42.9 Å². The fourth-order valence-electron chi connectivity index (χ4n) is 4.15. The Morgan fingerprint density at radius 2 is 1.58 bits per heavy atom. The van der Waals surface area contributed by atoms with Crippen molar-refractivity contribution in [3.63, 3.8) is 0 Å². The van der Waals surface area contributed by atoms with Gasteiger partial charge in [-0.15, -0.1) is 0 Å². The van der Waals surface area contributed by atoms with Crippen LogP contribution in [0.4, 0.5) is 25.0 Å². The molecule has 1 N–H and O–H groups in total. The van der Waals surface area contributed by atoms with Crippen molar-refractivity contribution in [1.82, 2.24) is 9.80 Å². The Morgan fingerprint density at radius 1 is 0.939 bits per heavy atom. The molecule has 0 spiro atoms. The van der Waals surface area contributed by atoms with Crippen LogP contribution in [0.5, 0.6) is 0 Å². The third kappa shape index (κ3) is 5.42. The van der Waals surface area contributed by atoms with E-state index in [1.807, 2.05) is 0 Å². The average molecular weight is 477 g/mol. The van der Waals surface area contributed by atoms with Crippen molar-refractivity contribution < 1.29 is 23.2 Å². The van der Waals surface area contributed by atoms with Gasteiger partial charge in [0.15, 0.2) is 0 Å². The first kappa shape index (κ1) is 23.0. The van der Waals surface area contributed by atoms with Crippen LogP contribution in [-0.2, 0) is 9.59 Å². The van der Waals surface area contributed by atoms with E-state index >= 15 is 0 Å². The standard InChI is InChI=1S/C23H23ClF2N4O3/c24-16-2-4-19(5-3-16)27-23(33)29-7-1-6-28(8-9-29)22(32)15-10-21(31)30(14-15)20-12-17(25)11-18(26)13-20/h2-5,11-13,15H,1,6-10,14H2,(H,27,33). The molecular weight excluding hydrogens is 454 g/mol. The molecule has 2 heterocycles. The SMILES string of the molecule is O=C(Nc1ccc(Cl)cc1)N1CCCN(C(=O)C2CC(=O)N(c3cc(F)cc(F)c3)C2)CC1. The van der Waals surface area contributed by atoms with E-state index < -0.39 is 17.6 Å². The molecular formula is C23H23ClF2N4O3. The van der Waals surface area contributed by atoms with Crippen LogP contribution in [0.3, 0.4) is 0 Å². The Morgan fingerprint density at radius 3 is 2.27 bits per heavy atom. The fourth-order valence-corrected chi connectivity index (χ4v) is 4.28. The zero-order chi connectivity index (χ0) is 23.5. The zero-order valence-corrected chi connectivity index (χ0v) is 18.5. The number of benzene rings is 2. The van der Waals surface area contributed by atoms with Crippen molar-refractivity contribution >= 4 is 40.8 Å². The molecule has 7 nitrogen and oxygen atoms in total. The van der Waals surface area contributed by atoms with Gasteiger partial charge in [0.2, 0.25) is 11.8 Å².